The normalized spacial score (nSPS) is 24.6. The van der Waals surface area contributed by atoms with Gasteiger partial charge in [-0.05, 0) is 56.8 Å². The zero-order valence-corrected chi connectivity index (χ0v) is 14.2. The van der Waals surface area contributed by atoms with E-state index in [1.54, 1.807) is 0 Å². The first-order chi connectivity index (χ1) is 11.1. The molecule has 0 aliphatic carbocycles. The van der Waals surface area contributed by atoms with Gasteiger partial charge in [-0.2, -0.15) is 0 Å². The number of nitrogens with one attached hydrogen (secondary N) is 2. The molecule has 4 nitrogen and oxygen atoms in total. The molecule has 2 N–H and O–H groups in total. The van der Waals surface area contributed by atoms with Gasteiger partial charge in [0.25, 0.3) is 0 Å². The Morgan fingerprint density at radius 2 is 2.30 bits per heavy atom. The molecule has 1 amide bonds. The number of piperidine rings is 1. The van der Waals surface area contributed by atoms with Crippen LogP contribution in [0.2, 0.25) is 0 Å². The van der Waals surface area contributed by atoms with Gasteiger partial charge in [0.2, 0.25) is 5.91 Å². The van der Waals surface area contributed by atoms with Crippen LogP contribution in [0.15, 0.2) is 18.2 Å². The van der Waals surface area contributed by atoms with Crippen LogP contribution in [0.4, 0.5) is 0 Å². The first-order valence-electron chi connectivity index (χ1n) is 8.91. The summed E-state index contributed by atoms with van der Waals surface area (Å²) in [4.78, 5) is 12.2. The molecule has 1 aromatic carbocycles. The largest absolute Gasteiger partial charge is 0.490 e. The maximum atomic E-state index is 12.2. The van der Waals surface area contributed by atoms with Crippen molar-refractivity contribution in [3.63, 3.8) is 0 Å². The minimum Gasteiger partial charge on any atom is -0.490 e. The van der Waals surface area contributed by atoms with Crippen LogP contribution < -0.4 is 15.4 Å². The lowest BCUT2D eigenvalue weighted by Gasteiger charge is -2.23. The van der Waals surface area contributed by atoms with Gasteiger partial charge in [0, 0.05) is 24.9 Å². The van der Waals surface area contributed by atoms with Crippen LogP contribution in [0, 0.1) is 0 Å². The summed E-state index contributed by atoms with van der Waals surface area (Å²) < 4.78 is 5.74. The van der Waals surface area contributed by atoms with E-state index >= 15 is 0 Å². The van der Waals surface area contributed by atoms with Crippen LogP contribution in [0.5, 0.6) is 5.75 Å². The van der Waals surface area contributed by atoms with Crippen molar-refractivity contribution in [2.24, 2.45) is 0 Å². The number of ether oxygens (including phenoxy) is 1. The number of amides is 1. The molecule has 0 aromatic heterocycles. The van der Waals surface area contributed by atoms with Gasteiger partial charge in [-0.15, -0.1) is 0 Å². The third kappa shape index (κ3) is 4.47. The Kier molecular flexibility index (Phi) is 5.21. The van der Waals surface area contributed by atoms with Crippen LogP contribution in [0.3, 0.4) is 0 Å². The van der Waals surface area contributed by atoms with Crippen molar-refractivity contribution in [3.05, 3.63) is 29.3 Å². The topological polar surface area (TPSA) is 50.4 Å². The zero-order valence-electron chi connectivity index (χ0n) is 14.2. The molecule has 2 heterocycles. The van der Waals surface area contributed by atoms with Gasteiger partial charge in [-0.1, -0.05) is 18.6 Å². The molecule has 1 aromatic rings. The molecule has 4 heteroatoms. The summed E-state index contributed by atoms with van der Waals surface area (Å²) in [6, 6.07) is 6.92. The van der Waals surface area contributed by atoms with E-state index < -0.39 is 0 Å². The van der Waals surface area contributed by atoms with E-state index in [4.69, 9.17) is 4.74 Å². The van der Waals surface area contributed by atoms with Crippen LogP contribution in [-0.4, -0.2) is 30.6 Å². The Labute approximate surface area is 139 Å². The molecular formula is C19H28N2O2. The van der Waals surface area contributed by atoms with Crippen molar-refractivity contribution in [1.82, 2.24) is 10.6 Å². The van der Waals surface area contributed by atoms with E-state index in [1.807, 2.05) is 0 Å². The Balaban J connectivity index is 1.48. The lowest BCUT2D eigenvalue weighted by molar-refractivity contribution is -0.122. The molecule has 126 valence electrons. The summed E-state index contributed by atoms with van der Waals surface area (Å²) in [5, 5.41) is 6.57. The molecule has 3 atom stereocenters. The van der Waals surface area contributed by atoms with Crippen molar-refractivity contribution in [2.45, 2.75) is 70.6 Å². The van der Waals surface area contributed by atoms with Crippen LogP contribution in [0.1, 0.15) is 50.7 Å². The second kappa shape index (κ2) is 7.35. The summed E-state index contributed by atoms with van der Waals surface area (Å²) in [6.45, 7) is 5.23. The van der Waals surface area contributed by atoms with Crippen molar-refractivity contribution in [2.75, 3.05) is 6.54 Å². The first kappa shape index (κ1) is 16.3. The Bertz CT molecular complexity index is 552. The fourth-order valence-corrected chi connectivity index (χ4v) is 3.66. The number of benzene rings is 1. The standard InChI is InChI=1S/C19H28N2O2/c1-13(21-19(22)12-17-5-3-4-8-20-17)9-15-6-7-18-16(11-15)10-14(2)23-18/h6-7,11,13-14,17,20H,3-5,8-10,12H2,1-2H3,(H,21,22)/t13-,14?,17-/m1/s1. The van der Waals surface area contributed by atoms with Crippen molar-refractivity contribution in [3.8, 4) is 5.75 Å². The lowest BCUT2D eigenvalue weighted by Crippen LogP contribution is -2.41. The molecule has 0 radical (unpaired) electrons. The van der Waals surface area contributed by atoms with Crippen molar-refractivity contribution < 1.29 is 9.53 Å². The SMILES string of the molecule is CC1Cc2cc(C[C@@H](C)NC(=O)C[C@H]3CCCCN3)ccc2O1. The highest BCUT2D eigenvalue weighted by Crippen LogP contribution is 2.29. The highest BCUT2D eigenvalue weighted by molar-refractivity contribution is 5.76. The van der Waals surface area contributed by atoms with E-state index in [9.17, 15) is 4.79 Å². The number of carbonyl (C=O) groups is 1. The number of fused-ring (bicyclic) bond motifs is 1. The Hall–Kier alpha value is -1.55. The molecule has 23 heavy (non-hydrogen) atoms. The first-order valence-corrected chi connectivity index (χ1v) is 8.91. The van der Waals surface area contributed by atoms with E-state index in [-0.39, 0.29) is 18.1 Å². The summed E-state index contributed by atoms with van der Waals surface area (Å²) in [7, 11) is 0. The van der Waals surface area contributed by atoms with Gasteiger partial charge in [0.15, 0.2) is 0 Å². The molecule has 1 unspecified atom stereocenters. The molecule has 3 rings (SSSR count). The van der Waals surface area contributed by atoms with E-state index in [1.165, 1.54) is 24.0 Å². The van der Waals surface area contributed by atoms with E-state index in [0.717, 1.165) is 31.6 Å². The van der Waals surface area contributed by atoms with E-state index in [2.05, 4.69) is 42.7 Å². The third-order valence-electron chi connectivity index (χ3n) is 4.75. The van der Waals surface area contributed by atoms with Crippen LogP contribution >= 0.6 is 0 Å². The van der Waals surface area contributed by atoms with Crippen molar-refractivity contribution >= 4 is 5.91 Å². The minimum atomic E-state index is 0.156. The summed E-state index contributed by atoms with van der Waals surface area (Å²) in [6.07, 6.45) is 6.30. The van der Waals surface area contributed by atoms with Gasteiger partial charge in [-0.25, -0.2) is 0 Å². The lowest BCUT2D eigenvalue weighted by atomic mass is 10.0. The number of carbonyl (C=O) groups excluding carboxylic acids is 1. The monoisotopic (exact) mass is 316 g/mol. The van der Waals surface area contributed by atoms with Gasteiger partial charge < -0.3 is 15.4 Å². The van der Waals surface area contributed by atoms with Gasteiger partial charge in [-0.3, -0.25) is 4.79 Å². The Morgan fingerprint density at radius 3 is 3.09 bits per heavy atom. The third-order valence-corrected chi connectivity index (χ3v) is 4.75. The summed E-state index contributed by atoms with van der Waals surface area (Å²) in [5.74, 6) is 1.18. The molecule has 0 spiro atoms. The number of rotatable bonds is 5. The van der Waals surface area contributed by atoms with Crippen LogP contribution in [0.25, 0.3) is 0 Å². The average Bonchev–Trinajstić information content (AvgIpc) is 2.87. The number of hydrogen-bond donors (Lipinski definition) is 2. The van der Waals surface area contributed by atoms with Crippen molar-refractivity contribution in [1.29, 1.82) is 0 Å². The fourth-order valence-electron chi connectivity index (χ4n) is 3.66. The second-order valence-electron chi connectivity index (χ2n) is 7.10. The van der Waals surface area contributed by atoms with Gasteiger partial charge in [0.1, 0.15) is 11.9 Å². The quantitative estimate of drug-likeness (QED) is 0.878. The predicted octanol–water partition coefficient (Wildman–Crippen LogP) is 2.59. The van der Waals surface area contributed by atoms with Crippen LogP contribution in [-0.2, 0) is 17.6 Å². The average molecular weight is 316 g/mol. The Morgan fingerprint density at radius 1 is 1.43 bits per heavy atom. The second-order valence-corrected chi connectivity index (χ2v) is 7.10. The van der Waals surface area contributed by atoms with E-state index in [0.29, 0.717) is 12.5 Å². The molecule has 1 fully saturated rings. The maximum Gasteiger partial charge on any atom is 0.221 e. The maximum absolute atomic E-state index is 12.2. The summed E-state index contributed by atoms with van der Waals surface area (Å²) in [5.41, 5.74) is 2.56. The van der Waals surface area contributed by atoms with Gasteiger partial charge in [0.05, 0.1) is 0 Å². The highest BCUT2D eigenvalue weighted by Gasteiger charge is 2.20. The molecule has 1 saturated heterocycles. The predicted molar refractivity (Wildman–Crippen MR) is 91.8 cm³/mol. The molecule has 2 aliphatic heterocycles. The number of hydrogen-bond acceptors (Lipinski definition) is 3. The smallest absolute Gasteiger partial charge is 0.221 e. The molecule has 0 bridgehead atoms. The minimum absolute atomic E-state index is 0.156. The molecular weight excluding hydrogens is 288 g/mol. The summed E-state index contributed by atoms with van der Waals surface area (Å²) >= 11 is 0. The molecule has 0 saturated carbocycles. The highest BCUT2D eigenvalue weighted by atomic mass is 16.5. The molecule has 2 aliphatic rings. The zero-order chi connectivity index (χ0) is 16.2. The fraction of sp³-hybridized carbons (Fsp3) is 0.632. The van der Waals surface area contributed by atoms with Gasteiger partial charge >= 0.3 is 0 Å².